The van der Waals surface area contributed by atoms with E-state index in [-0.39, 0.29) is 16.3 Å². The summed E-state index contributed by atoms with van der Waals surface area (Å²) in [5, 5.41) is -0.116. The molecule has 0 aromatic carbocycles. The van der Waals surface area contributed by atoms with E-state index in [9.17, 15) is 9.59 Å². The first-order valence-electron chi connectivity index (χ1n) is 5.12. The Morgan fingerprint density at radius 2 is 2.18 bits per heavy atom. The van der Waals surface area contributed by atoms with Crippen LogP contribution in [0.5, 0.6) is 0 Å². The van der Waals surface area contributed by atoms with Crippen LogP contribution in [0.2, 0.25) is 0 Å². The molecule has 0 aromatic rings. The van der Waals surface area contributed by atoms with Crippen molar-refractivity contribution in [2.24, 2.45) is 0 Å². The monoisotopic (exact) mass is 382 g/mol. The Hall–Kier alpha value is -0.0700. The lowest BCUT2D eigenvalue weighted by atomic mass is 10.1. The maximum atomic E-state index is 11.7. The van der Waals surface area contributed by atoms with Gasteiger partial charge in [0.15, 0.2) is 10.9 Å². The lowest BCUT2D eigenvalue weighted by molar-refractivity contribution is -0.133. The van der Waals surface area contributed by atoms with E-state index in [1.165, 1.54) is 18.7 Å². The van der Waals surface area contributed by atoms with Crippen molar-refractivity contribution in [2.75, 3.05) is 0 Å². The second kappa shape index (κ2) is 6.75. The summed E-state index contributed by atoms with van der Waals surface area (Å²) in [5.41, 5.74) is 0.554. The normalized spacial score (nSPS) is 16.6. The Kier molecular flexibility index (Phi) is 5.95. The van der Waals surface area contributed by atoms with Crippen LogP contribution in [0.3, 0.4) is 0 Å². The molecule has 0 spiro atoms. The minimum Gasteiger partial charge on any atom is -0.421 e. The zero-order chi connectivity index (χ0) is 13.0. The van der Waals surface area contributed by atoms with E-state index in [0.29, 0.717) is 14.7 Å². The zero-order valence-corrected chi connectivity index (χ0v) is 13.4. The van der Waals surface area contributed by atoms with Crippen LogP contribution < -0.4 is 0 Å². The van der Waals surface area contributed by atoms with Crippen LogP contribution in [0.1, 0.15) is 26.7 Å². The van der Waals surface area contributed by atoms with Gasteiger partial charge in [-0.2, -0.15) is 0 Å². The van der Waals surface area contributed by atoms with E-state index in [0.717, 1.165) is 12.8 Å². The van der Waals surface area contributed by atoms with Crippen LogP contribution in [0.25, 0.3) is 0 Å². The van der Waals surface area contributed by atoms with E-state index < -0.39 is 0 Å². The minimum atomic E-state index is -0.372. The zero-order valence-electron chi connectivity index (χ0n) is 9.46. The van der Waals surface area contributed by atoms with Crippen molar-refractivity contribution in [2.45, 2.75) is 31.9 Å². The first kappa shape index (κ1) is 15.0. The number of rotatable bonds is 4. The topological polar surface area (TPSA) is 43.4 Å². The van der Waals surface area contributed by atoms with E-state index >= 15 is 0 Å². The largest absolute Gasteiger partial charge is 0.421 e. The van der Waals surface area contributed by atoms with Crippen LogP contribution in [-0.2, 0) is 14.3 Å². The third-order valence-corrected chi connectivity index (χ3v) is 4.00. The van der Waals surface area contributed by atoms with Crippen LogP contribution in [-0.4, -0.2) is 16.3 Å². The highest BCUT2D eigenvalue weighted by molar-refractivity contribution is 9.28. The molecular formula is C11H12Br2O3S. The predicted molar refractivity (Wildman–Crippen MR) is 76.0 cm³/mol. The van der Waals surface area contributed by atoms with Crippen LogP contribution in [0.4, 0.5) is 0 Å². The van der Waals surface area contributed by atoms with Crippen molar-refractivity contribution in [3.8, 4) is 0 Å². The Morgan fingerprint density at radius 3 is 2.59 bits per heavy atom. The van der Waals surface area contributed by atoms with E-state index in [2.05, 4.69) is 31.9 Å². The first-order chi connectivity index (χ1) is 7.95. The molecule has 0 aliphatic carbocycles. The lowest BCUT2D eigenvalue weighted by Gasteiger charge is -2.12. The predicted octanol–water partition coefficient (Wildman–Crippen LogP) is 3.88. The molecule has 17 heavy (non-hydrogen) atoms. The van der Waals surface area contributed by atoms with Gasteiger partial charge in [-0.15, -0.1) is 0 Å². The number of halogens is 2. The third-order valence-electron chi connectivity index (χ3n) is 2.12. The number of ether oxygens (including phenoxy) is 1. The van der Waals surface area contributed by atoms with Crippen molar-refractivity contribution in [3.63, 3.8) is 0 Å². The van der Waals surface area contributed by atoms with Crippen molar-refractivity contribution in [3.05, 3.63) is 20.8 Å². The molecule has 3 nitrogen and oxygen atoms in total. The van der Waals surface area contributed by atoms with Crippen LogP contribution in [0.15, 0.2) is 20.8 Å². The van der Waals surface area contributed by atoms with Gasteiger partial charge >= 0.3 is 5.97 Å². The highest BCUT2D eigenvalue weighted by Crippen LogP contribution is 2.34. The standard InChI is InChI=1S/C11H12Br2O3S/c1-3-4-9(17-6(2)14)7-5-8(10(12)13)16-11(7)15/h5,9H,3-4H2,1-2H3. The van der Waals surface area contributed by atoms with Crippen LogP contribution >= 0.6 is 43.6 Å². The molecule has 94 valence electrons. The molecule has 6 heteroatoms. The van der Waals surface area contributed by atoms with Gasteiger partial charge in [0, 0.05) is 12.2 Å². The van der Waals surface area contributed by atoms with Gasteiger partial charge in [0.05, 0.1) is 5.57 Å². The van der Waals surface area contributed by atoms with Gasteiger partial charge in [-0.3, -0.25) is 4.79 Å². The second-order valence-corrected chi connectivity index (χ2v) is 7.53. The Balaban J connectivity index is 2.94. The van der Waals surface area contributed by atoms with E-state index in [4.69, 9.17) is 4.74 Å². The summed E-state index contributed by atoms with van der Waals surface area (Å²) in [7, 11) is 0. The molecule has 0 saturated heterocycles. The number of hydrogen-bond acceptors (Lipinski definition) is 4. The Labute approximate surface area is 121 Å². The third kappa shape index (κ3) is 4.26. The molecule has 0 N–H and O–H groups in total. The van der Waals surface area contributed by atoms with Gasteiger partial charge in [-0.1, -0.05) is 25.1 Å². The van der Waals surface area contributed by atoms with Gasteiger partial charge < -0.3 is 4.74 Å². The summed E-state index contributed by atoms with van der Waals surface area (Å²) >= 11 is 7.57. The quantitative estimate of drug-likeness (QED) is 0.691. The van der Waals surface area contributed by atoms with E-state index in [1.807, 2.05) is 6.92 Å². The number of hydrogen-bond donors (Lipinski definition) is 0. The number of carbonyl (C=O) groups is 2. The average Bonchev–Trinajstić information content (AvgIpc) is 2.59. The fourth-order valence-corrected chi connectivity index (χ4v) is 2.88. The van der Waals surface area contributed by atoms with Gasteiger partial charge in [0.25, 0.3) is 0 Å². The molecule has 1 aliphatic rings. The molecule has 1 rings (SSSR count). The van der Waals surface area contributed by atoms with Gasteiger partial charge in [-0.25, -0.2) is 4.79 Å². The SMILES string of the molecule is CCCC(SC(C)=O)C1=CC(=C(Br)Br)OC1=O. The maximum Gasteiger partial charge on any atom is 0.340 e. The van der Waals surface area contributed by atoms with Crippen molar-refractivity contribution >= 4 is 54.7 Å². The van der Waals surface area contributed by atoms with Gasteiger partial charge in [0.1, 0.15) is 3.39 Å². The fraction of sp³-hybridized carbons (Fsp3) is 0.455. The highest BCUT2D eigenvalue weighted by atomic mass is 79.9. The summed E-state index contributed by atoms with van der Waals surface area (Å²) in [6, 6.07) is 0. The van der Waals surface area contributed by atoms with Crippen molar-refractivity contribution in [1.82, 2.24) is 0 Å². The molecule has 0 bridgehead atoms. The Bertz CT molecular complexity index is 398. The number of allylic oxidation sites excluding steroid dienone is 1. The minimum absolute atomic E-state index is 0.00693. The Morgan fingerprint density at radius 1 is 1.53 bits per heavy atom. The summed E-state index contributed by atoms with van der Waals surface area (Å²) in [6.45, 7) is 3.52. The second-order valence-electron chi connectivity index (χ2n) is 3.50. The molecule has 0 amide bonds. The molecule has 1 atom stereocenters. The van der Waals surface area contributed by atoms with E-state index in [1.54, 1.807) is 6.08 Å². The number of thioether (sulfide) groups is 1. The average molecular weight is 384 g/mol. The summed E-state index contributed by atoms with van der Waals surface area (Å²) < 4.78 is 5.67. The molecule has 0 fully saturated rings. The lowest BCUT2D eigenvalue weighted by Crippen LogP contribution is -2.14. The molecule has 1 aliphatic heterocycles. The van der Waals surface area contributed by atoms with Gasteiger partial charge in [-0.05, 0) is 44.4 Å². The van der Waals surface area contributed by atoms with Crippen LogP contribution in [0, 0.1) is 0 Å². The fourth-order valence-electron chi connectivity index (χ4n) is 1.45. The highest BCUT2D eigenvalue weighted by Gasteiger charge is 2.30. The smallest absolute Gasteiger partial charge is 0.340 e. The first-order valence-corrected chi connectivity index (χ1v) is 7.58. The van der Waals surface area contributed by atoms with Crippen molar-refractivity contribution < 1.29 is 14.3 Å². The van der Waals surface area contributed by atoms with Crippen molar-refractivity contribution in [1.29, 1.82) is 0 Å². The molecule has 1 unspecified atom stereocenters. The molecule has 1 heterocycles. The summed E-state index contributed by atoms with van der Waals surface area (Å²) in [5.74, 6) is 0.0823. The summed E-state index contributed by atoms with van der Waals surface area (Å²) in [6.07, 6.45) is 3.36. The number of cyclic esters (lactones) is 1. The molecule has 0 radical (unpaired) electrons. The molecule has 0 aromatic heterocycles. The molecule has 0 saturated carbocycles. The van der Waals surface area contributed by atoms with Gasteiger partial charge in [0.2, 0.25) is 0 Å². The number of carbonyl (C=O) groups excluding carboxylic acids is 2. The molecular weight excluding hydrogens is 372 g/mol. The summed E-state index contributed by atoms with van der Waals surface area (Å²) in [4.78, 5) is 22.9. The maximum absolute atomic E-state index is 11.7. The number of esters is 1.